The Labute approximate surface area is 119 Å². The second-order valence-electron chi connectivity index (χ2n) is 4.78. The van der Waals surface area contributed by atoms with E-state index in [-0.39, 0.29) is 11.9 Å². The predicted octanol–water partition coefficient (Wildman–Crippen LogP) is 2.04. The van der Waals surface area contributed by atoms with Crippen LogP contribution in [0.3, 0.4) is 0 Å². The number of nitrogens with one attached hydrogen (secondary N) is 1. The molecule has 0 fully saturated rings. The van der Waals surface area contributed by atoms with Gasteiger partial charge in [-0.25, -0.2) is 0 Å². The lowest BCUT2D eigenvalue weighted by Gasteiger charge is -2.18. The van der Waals surface area contributed by atoms with Crippen molar-refractivity contribution in [1.29, 1.82) is 0 Å². The molecule has 5 heteroatoms. The molecule has 112 valence electrons. The van der Waals surface area contributed by atoms with Crippen LogP contribution in [-0.2, 0) is 4.79 Å². The highest BCUT2D eigenvalue weighted by molar-refractivity contribution is 5.76. The lowest BCUT2D eigenvalue weighted by molar-refractivity contribution is -0.122. The Morgan fingerprint density at radius 2 is 2.00 bits per heavy atom. The first-order valence-corrected chi connectivity index (χ1v) is 6.67. The molecule has 20 heavy (non-hydrogen) atoms. The van der Waals surface area contributed by atoms with E-state index in [1.807, 2.05) is 25.1 Å². The smallest absolute Gasteiger partial charge is 0.220 e. The number of hydrogen-bond donors (Lipinski definition) is 2. The van der Waals surface area contributed by atoms with Crippen LogP contribution in [0.25, 0.3) is 0 Å². The van der Waals surface area contributed by atoms with E-state index in [1.54, 1.807) is 21.1 Å². The molecule has 2 unspecified atom stereocenters. The van der Waals surface area contributed by atoms with E-state index >= 15 is 0 Å². The first-order valence-electron chi connectivity index (χ1n) is 6.67. The summed E-state index contributed by atoms with van der Waals surface area (Å²) in [6.45, 7) is 3.55. The van der Waals surface area contributed by atoms with Gasteiger partial charge in [0.25, 0.3) is 0 Å². The molecule has 1 amide bonds. The van der Waals surface area contributed by atoms with Crippen molar-refractivity contribution < 1.29 is 19.4 Å². The molecule has 0 bridgehead atoms. The summed E-state index contributed by atoms with van der Waals surface area (Å²) in [5.74, 6) is 1.32. The molecule has 0 radical (unpaired) electrons. The third kappa shape index (κ3) is 4.74. The third-order valence-corrected chi connectivity index (χ3v) is 3.07. The van der Waals surface area contributed by atoms with Crippen molar-refractivity contribution in [1.82, 2.24) is 5.32 Å². The molecule has 0 saturated heterocycles. The van der Waals surface area contributed by atoms with Crippen molar-refractivity contribution in [3.8, 4) is 11.5 Å². The van der Waals surface area contributed by atoms with Crippen molar-refractivity contribution in [3.63, 3.8) is 0 Å². The molecule has 5 nitrogen and oxygen atoms in total. The van der Waals surface area contributed by atoms with Gasteiger partial charge in [0.05, 0.1) is 26.4 Å². The largest absolute Gasteiger partial charge is 0.497 e. The monoisotopic (exact) mass is 281 g/mol. The maximum Gasteiger partial charge on any atom is 0.220 e. The number of carbonyl (C=O) groups excluding carboxylic acids is 1. The maximum atomic E-state index is 11.8. The van der Waals surface area contributed by atoms with Crippen LogP contribution >= 0.6 is 0 Å². The number of aliphatic hydroxyl groups is 1. The zero-order valence-electron chi connectivity index (χ0n) is 12.5. The molecular formula is C15H23NO4. The zero-order valence-corrected chi connectivity index (χ0v) is 12.5. The molecule has 0 aromatic heterocycles. The number of ether oxygens (including phenoxy) is 2. The van der Waals surface area contributed by atoms with Crippen molar-refractivity contribution >= 4 is 5.91 Å². The molecule has 0 heterocycles. The van der Waals surface area contributed by atoms with Gasteiger partial charge in [-0.3, -0.25) is 4.79 Å². The number of benzene rings is 1. The van der Waals surface area contributed by atoms with Gasteiger partial charge >= 0.3 is 0 Å². The number of aliphatic hydroxyl groups excluding tert-OH is 1. The van der Waals surface area contributed by atoms with Crippen LogP contribution in [0.4, 0.5) is 0 Å². The fraction of sp³-hybridized carbons (Fsp3) is 0.533. The average Bonchev–Trinajstić information content (AvgIpc) is 2.44. The summed E-state index contributed by atoms with van der Waals surface area (Å²) < 4.78 is 10.5. The highest BCUT2D eigenvalue weighted by atomic mass is 16.5. The lowest BCUT2D eigenvalue weighted by atomic mass is 10.1. The van der Waals surface area contributed by atoms with Crippen LogP contribution in [0.1, 0.15) is 38.3 Å². The van der Waals surface area contributed by atoms with E-state index in [1.165, 1.54) is 0 Å². The van der Waals surface area contributed by atoms with Crippen LogP contribution in [0.2, 0.25) is 0 Å². The summed E-state index contributed by atoms with van der Waals surface area (Å²) >= 11 is 0. The molecule has 1 aromatic rings. The quantitative estimate of drug-likeness (QED) is 0.802. The van der Waals surface area contributed by atoms with E-state index in [0.29, 0.717) is 24.3 Å². The normalized spacial score (nSPS) is 13.4. The maximum absolute atomic E-state index is 11.8. The molecule has 0 saturated carbocycles. The van der Waals surface area contributed by atoms with Crippen LogP contribution in [0, 0.1) is 0 Å². The number of rotatable bonds is 7. The molecule has 0 spiro atoms. The second kappa shape index (κ2) is 7.75. The zero-order chi connectivity index (χ0) is 15.1. The third-order valence-electron chi connectivity index (χ3n) is 3.07. The topological polar surface area (TPSA) is 67.8 Å². The van der Waals surface area contributed by atoms with E-state index in [4.69, 9.17) is 9.47 Å². The van der Waals surface area contributed by atoms with Crippen molar-refractivity contribution in [2.24, 2.45) is 0 Å². The number of hydrogen-bond acceptors (Lipinski definition) is 4. The Morgan fingerprint density at radius 3 is 2.55 bits per heavy atom. The van der Waals surface area contributed by atoms with Gasteiger partial charge in [-0.15, -0.1) is 0 Å². The molecule has 0 aliphatic carbocycles. The molecule has 2 atom stereocenters. The Kier molecular flexibility index (Phi) is 6.31. The average molecular weight is 281 g/mol. The fourth-order valence-corrected chi connectivity index (χ4v) is 1.91. The van der Waals surface area contributed by atoms with Gasteiger partial charge in [0, 0.05) is 12.0 Å². The minimum atomic E-state index is -0.470. The molecule has 1 aromatic carbocycles. The van der Waals surface area contributed by atoms with E-state index in [0.717, 1.165) is 5.56 Å². The summed E-state index contributed by atoms with van der Waals surface area (Å²) in [6.07, 6.45) is 0.282. The SMILES string of the molecule is COc1ccc(OC)c(C(C)NC(=O)CCC(C)O)c1. The minimum Gasteiger partial charge on any atom is -0.497 e. The summed E-state index contributed by atoms with van der Waals surface area (Å²) in [6, 6.07) is 5.27. The van der Waals surface area contributed by atoms with Gasteiger partial charge in [0.2, 0.25) is 5.91 Å². The first kappa shape index (κ1) is 16.3. The predicted molar refractivity (Wildman–Crippen MR) is 77.0 cm³/mol. The summed E-state index contributed by atoms with van der Waals surface area (Å²) in [5, 5.41) is 12.1. The Bertz CT molecular complexity index is 445. The second-order valence-corrected chi connectivity index (χ2v) is 4.78. The van der Waals surface area contributed by atoms with Gasteiger partial charge in [-0.05, 0) is 38.5 Å². The number of carbonyl (C=O) groups is 1. The Morgan fingerprint density at radius 1 is 1.30 bits per heavy atom. The molecule has 0 aliphatic rings. The molecule has 2 N–H and O–H groups in total. The number of methoxy groups -OCH3 is 2. The van der Waals surface area contributed by atoms with E-state index in [2.05, 4.69) is 5.32 Å². The highest BCUT2D eigenvalue weighted by Crippen LogP contribution is 2.29. The standard InChI is InChI=1S/C15H23NO4/c1-10(17)5-8-15(18)16-11(2)13-9-12(19-3)6-7-14(13)20-4/h6-7,9-11,17H,5,8H2,1-4H3,(H,16,18). The van der Waals surface area contributed by atoms with Crippen LogP contribution in [-0.4, -0.2) is 31.3 Å². The van der Waals surface area contributed by atoms with Crippen molar-refractivity contribution in [2.75, 3.05) is 14.2 Å². The van der Waals surface area contributed by atoms with Crippen molar-refractivity contribution in [2.45, 2.75) is 38.8 Å². The van der Waals surface area contributed by atoms with Crippen LogP contribution < -0.4 is 14.8 Å². The van der Waals surface area contributed by atoms with Gasteiger partial charge < -0.3 is 19.9 Å². The Balaban J connectivity index is 2.75. The number of amides is 1. The lowest BCUT2D eigenvalue weighted by Crippen LogP contribution is -2.27. The highest BCUT2D eigenvalue weighted by Gasteiger charge is 2.15. The summed E-state index contributed by atoms with van der Waals surface area (Å²) in [5.41, 5.74) is 0.859. The van der Waals surface area contributed by atoms with E-state index in [9.17, 15) is 9.90 Å². The fourth-order valence-electron chi connectivity index (χ4n) is 1.91. The van der Waals surface area contributed by atoms with Crippen LogP contribution in [0.15, 0.2) is 18.2 Å². The van der Waals surface area contributed by atoms with Gasteiger partial charge in [-0.2, -0.15) is 0 Å². The first-order chi connectivity index (χ1) is 9.47. The van der Waals surface area contributed by atoms with Crippen molar-refractivity contribution in [3.05, 3.63) is 23.8 Å². The van der Waals surface area contributed by atoms with Gasteiger partial charge in [0.1, 0.15) is 11.5 Å². The van der Waals surface area contributed by atoms with E-state index < -0.39 is 6.10 Å². The van der Waals surface area contributed by atoms with Gasteiger partial charge in [0.15, 0.2) is 0 Å². The molecular weight excluding hydrogens is 258 g/mol. The summed E-state index contributed by atoms with van der Waals surface area (Å²) in [4.78, 5) is 11.8. The summed E-state index contributed by atoms with van der Waals surface area (Å²) in [7, 11) is 3.19. The van der Waals surface area contributed by atoms with Crippen LogP contribution in [0.5, 0.6) is 11.5 Å². The van der Waals surface area contributed by atoms with Gasteiger partial charge in [-0.1, -0.05) is 0 Å². The molecule has 0 aliphatic heterocycles. The Hall–Kier alpha value is -1.75. The minimum absolute atomic E-state index is 0.0942. The molecule has 1 rings (SSSR count).